The zero-order valence-electron chi connectivity index (χ0n) is 22.8. The Balaban J connectivity index is 1.50. The lowest BCUT2D eigenvalue weighted by Gasteiger charge is -2.22. The van der Waals surface area contributed by atoms with Crippen molar-refractivity contribution in [3.05, 3.63) is 97.9 Å². The van der Waals surface area contributed by atoms with Gasteiger partial charge in [-0.05, 0) is 71.5 Å². The van der Waals surface area contributed by atoms with Crippen LogP contribution in [0.1, 0.15) is 40.4 Å². The number of fused-ring (bicyclic) bond motifs is 1. The number of halogens is 4. The number of H-pyrrole nitrogens is 1. The molecule has 0 aliphatic heterocycles. The minimum Gasteiger partial charge on any atom is -0.489 e. The van der Waals surface area contributed by atoms with Crippen molar-refractivity contribution in [2.24, 2.45) is 5.92 Å². The summed E-state index contributed by atoms with van der Waals surface area (Å²) in [5.74, 6) is -0.342. The Bertz CT molecular complexity index is 1670. The van der Waals surface area contributed by atoms with Crippen molar-refractivity contribution in [3.63, 3.8) is 0 Å². The second-order valence-electron chi connectivity index (χ2n) is 10.3. The van der Waals surface area contributed by atoms with Crippen LogP contribution in [-0.4, -0.2) is 38.3 Å². The first-order chi connectivity index (χ1) is 20.1. The summed E-state index contributed by atoms with van der Waals surface area (Å²) in [5.41, 5.74) is 1.45. The third-order valence-corrected chi connectivity index (χ3v) is 7.76. The van der Waals surface area contributed by atoms with Crippen molar-refractivity contribution in [1.82, 2.24) is 4.98 Å². The summed E-state index contributed by atoms with van der Waals surface area (Å²) in [4.78, 5) is 30.1. The van der Waals surface area contributed by atoms with E-state index in [-0.39, 0.29) is 33.5 Å². The molecule has 1 aliphatic rings. The number of pyridine rings is 1. The molecule has 1 heterocycles. The lowest BCUT2D eigenvalue weighted by atomic mass is 10.0. The lowest BCUT2D eigenvalue weighted by molar-refractivity contribution is -0.0515. The maximum atomic E-state index is 13.5. The van der Waals surface area contributed by atoms with Crippen molar-refractivity contribution in [2.75, 3.05) is 25.6 Å². The van der Waals surface area contributed by atoms with Crippen molar-refractivity contribution in [1.29, 1.82) is 0 Å². The first-order valence-corrected chi connectivity index (χ1v) is 14.0. The number of ether oxygens (including phenoxy) is 3. The van der Waals surface area contributed by atoms with E-state index in [1.807, 2.05) is 43.3 Å². The monoisotopic (exact) mass is 616 g/mol. The van der Waals surface area contributed by atoms with Crippen LogP contribution in [-0.2, 0) is 11.2 Å². The van der Waals surface area contributed by atoms with E-state index in [0.29, 0.717) is 23.7 Å². The Hall–Kier alpha value is -3.82. The molecule has 0 saturated heterocycles. The largest absolute Gasteiger partial charge is 0.489 e. The fourth-order valence-electron chi connectivity index (χ4n) is 4.48. The van der Waals surface area contributed by atoms with E-state index in [2.05, 4.69) is 9.72 Å². The highest BCUT2D eigenvalue weighted by atomic mass is 35.5. The average molecular weight is 617 g/mol. The maximum Gasteiger partial charge on any atom is 0.387 e. The highest BCUT2D eigenvalue weighted by molar-refractivity contribution is 6.35. The quantitative estimate of drug-likeness (QED) is 0.176. The molecule has 11 heteroatoms. The van der Waals surface area contributed by atoms with Crippen molar-refractivity contribution in [3.8, 4) is 11.5 Å². The van der Waals surface area contributed by atoms with Gasteiger partial charge in [0.15, 0.2) is 11.5 Å². The number of nitrogens with zero attached hydrogens (tertiary/aromatic N) is 1. The standard InChI is InChI=1S/C31H28Cl2F2N2O5/c1-37(2)22-9-7-18-11-21(6-5-19(18)12-22)30(39)41-26(14-23-24(32)15-36-29(38)28(23)33)20-8-10-25(42-31(34)35)27(13-20)40-16-17-3-4-17/h5-13,15,17,26,31H,3-4,14,16H2,1-2H3,(H,36,38). The second kappa shape index (κ2) is 12.6. The van der Waals surface area contributed by atoms with Gasteiger partial charge < -0.3 is 24.1 Å². The van der Waals surface area contributed by atoms with Gasteiger partial charge in [-0.3, -0.25) is 4.79 Å². The van der Waals surface area contributed by atoms with E-state index in [0.717, 1.165) is 29.3 Å². The van der Waals surface area contributed by atoms with Crippen LogP contribution in [0.3, 0.4) is 0 Å². The first-order valence-electron chi connectivity index (χ1n) is 13.3. The summed E-state index contributed by atoms with van der Waals surface area (Å²) >= 11 is 12.7. The van der Waals surface area contributed by atoms with Gasteiger partial charge in [0.2, 0.25) is 0 Å². The molecule has 42 heavy (non-hydrogen) atoms. The normalized spacial score (nSPS) is 13.7. The Kier molecular flexibility index (Phi) is 8.89. The number of nitrogens with one attached hydrogen (secondary N) is 1. The van der Waals surface area contributed by atoms with Gasteiger partial charge >= 0.3 is 12.6 Å². The van der Waals surface area contributed by atoms with E-state index in [4.69, 9.17) is 32.7 Å². The number of benzene rings is 3. The molecule has 0 amide bonds. The SMILES string of the molecule is CN(C)c1ccc2cc(C(=O)OC(Cc3c(Cl)c[nH]c(=O)c3Cl)c3ccc(OC(F)F)c(OCC4CC4)c3)ccc2c1. The third kappa shape index (κ3) is 6.97. The number of carbonyl (C=O) groups is 1. The number of aromatic amines is 1. The van der Waals surface area contributed by atoms with E-state index >= 15 is 0 Å². The van der Waals surface area contributed by atoms with Crippen LogP contribution in [0.15, 0.2) is 65.6 Å². The molecule has 5 rings (SSSR count). The molecule has 0 spiro atoms. The van der Waals surface area contributed by atoms with E-state index in [9.17, 15) is 18.4 Å². The molecular weight excluding hydrogens is 589 g/mol. The molecule has 1 atom stereocenters. The minimum atomic E-state index is -3.05. The lowest BCUT2D eigenvalue weighted by Crippen LogP contribution is -2.17. The molecule has 1 unspecified atom stereocenters. The number of rotatable bonds is 11. The van der Waals surface area contributed by atoms with Crippen LogP contribution in [0.2, 0.25) is 10.0 Å². The van der Waals surface area contributed by atoms with Gasteiger partial charge in [-0.2, -0.15) is 8.78 Å². The second-order valence-corrected chi connectivity index (χ2v) is 11.1. The molecule has 0 bridgehead atoms. The summed E-state index contributed by atoms with van der Waals surface area (Å²) in [7, 11) is 3.89. The summed E-state index contributed by atoms with van der Waals surface area (Å²) < 4.78 is 42.7. The molecule has 1 aromatic heterocycles. The van der Waals surface area contributed by atoms with Crippen molar-refractivity contribution in [2.45, 2.75) is 32.0 Å². The Morgan fingerprint density at radius 1 is 1.02 bits per heavy atom. The first kappa shape index (κ1) is 29.7. The maximum absolute atomic E-state index is 13.5. The number of hydrogen-bond acceptors (Lipinski definition) is 6. The van der Waals surface area contributed by atoms with Crippen LogP contribution in [0.4, 0.5) is 14.5 Å². The van der Waals surface area contributed by atoms with Crippen molar-refractivity contribution >= 4 is 45.6 Å². The number of hydrogen-bond donors (Lipinski definition) is 1. The van der Waals surface area contributed by atoms with E-state index in [1.54, 1.807) is 12.1 Å². The van der Waals surface area contributed by atoms with Crippen molar-refractivity contribution < 1.29 is 27.8 Å². The number of esters is 1. The molecule has 1 fully saturated rings. The smallest absolute Gasteiger partial charge is 0.387 e. The van der Waals surface area contributed by atoms with Crippen LogP contribution in [0, 0.1) is 5.92 Å². The molecule has 3 aromatic carbocycles. The molecule has 220 valence electrons. The highest BCUT2D eigenvalue weighted by Gasteiger charge is 2.26. The summed E-state index contributed by atoms with van der Waals surface area (Å²) in [6.45, 7) is -2.71. The molecule has 7 nitrogen and oxygen atoms in total. The average Bonchev–Trinajstić information content (AvgIpc) is 3.80. The zero-order valence-corrected chi connectivity index (χ0v) is 24.3. The third-order valence-electron chi connectivity index (χ3n) is 7.02. The molecule has 1 aliphatic carbocycles. The van der Waals surface area contributed by atoms with Crippen LogP contribution in [0.25, 0.3) is 10.8 Å². The summed E-state index contributed by atoms with van der Waals surface area (Å²) in [5, 5.41) is 1.82. The van der Waals surface area contributed by atoms with Crippen LogP contribution in [0.5, 0.6) is 11.5 Å². The van der Waals surface area contributed by atoms with Crippen LogP contribution < -0.4 is 19.9 Å². The fraction of sp³-hybridized carbons (Fsp3) is 0.290. The number of aromatic nitrogens is 1. The Morgan fingerprint density at radius 2 is 1.76 bits per heavy atom. The number of anilines is 1. The highest BCUT2D eigenvalue weighted by Crippen LogP contribution is 2.38. The topological polar surface area (TPSA) is 80.9 Å². The van der Waals surface area contributed by atoms with E-state index in [1.165, 1.54) is 24.4 Å². The molecule has 4 aromatic rings. The number of carbonyl (C=O) groups excluding carboxylic acids is 1. The molecule has 1 N–H and O–H groups in total. The van der Waals surface area contributed by atoms with Gasteiger partial charge in [0.25, 0.3) is 5.56 Å². The van der Waals surface area contributed by atoms with Gasteiger partial charge in [0.05, 0.1) is 17.2 Å². The Labute approximate surface area is 250 Å². The summed E-state index contributed by atoms with van der Waals surface area (Å²) in [6.07, 6.45) is 2.22. The number of alkyl halides is 2. The van der Waals surface area contributed by atoms with E-state index < -0.39 is 24.2 Å². The predicted octanol–water partition coefficient (Wildman–Crippen LogP) is 7.43. The predicted molar refractivity (Wildman–Crippen MR) is 159 cm³/mol. The molecule has 0 radical (unpaired) electrons. The van der Waals surface area contributed by atoms with Gasteiger partial charge in [-0.15, -0.1) is 0 Å². The minimum absolute atomic E-state index is 0.0653. The zero-order chi connectivity index (χ0) is 30.0. The molecule has 1 saturated carbocycles. The molecular formula is C31H28Cl2F2N2O5. The van der Waals surface area contributed by atoms with Gasteiger partial charge in [-0.1, -0.05) is 41.4 Å². The fourth-order valence-corrected chi connectivity index (χ4v) is 4.99. The van der Waals surface area contributed by atoms with Gasteiger partial charge in [-0.25, -0.2) is 4.79 Å². The van der Waals surface area contributed by atoms with Crippen LogP contribution >= 0.6 is 23.2 Å². The Morgan fingerprint density at radius 3 is 2.48 bits per heavy atom. The van der Waals surface area contributed by atoms with Gasteiger partial charge in [0.1, 0.15) is 11.1 Å². The van der Waals surface area contributed by atoms with Gasteiger partial charge in [0, 0.05) is 38.0 Å². The summed E-state index contributed by atoms with van der Waals surface area (Å²) in [6, 6.07) is 15.4.